The molecule has 7 nitrogen and oxygen atoms in total. The monoisotopic (exact) mass is 519 g/mol. The highest BCUT2D eigenvalue weighted by Gasteiger charge is 2.32. The summed E-state index contributed by atoms with van der Waals surface area (Å²) < 4.78 is 18.3. The second-order valence-corrected chi connectivity index (χ2v) is 11.6. The van der Waals surface area contributed by atoms with E-state index >= 15 is 0 Å². The molecule has 0 aliphatic carbocycles. The molecule has 0 spiro atoms. The van der Waals surface area contributed by atoms with E-state index < -0.39 is 0 Å². The molecule has 4 heterocycles. The number of carbonyl (C=O) groups excluding carboxylic acids is 2. The molecule has 0 fully saturated rings. The molecule has 3 atom stereocenters. The normalized spacial score (nSPS) is 19.1. The molecule has 190 valence electrons. The zero-order chi connectivity index (χ0) is 25.1. The van der Waals surface area contributed by atoms with Crippen molar-refractivity contribution in [3.05, 3.63) is 39.4 Å². The SMILES string of the molecule is CCCC(=O)N1CCc2c(nc(C)n2C(CC)CC2=PN2CCC(NC(C)=O)c2ccc(F)s2)C1. The largest absolute Gasteiger partial charge is 0.349 e. The second kappa shape index (κ2) is 11.3. The summed E-state index contributed by atoms with van der Waals surface area (Å²) >= 11 is 1.10. The van der Waals surface area contributed by atoms with Crippen molar-refractivity contribution in [3.8, 4) is 0 Å². The zero-order valence-electron chi connectivity index (χ0n) is 21.0. The second-order valence-electron chi connectivity index (χ2n) is 9.33. The fourth-order valence-electron chi connectivity index (χ4n) is 4.98. The van der Waals surface area contributed by atoms with Gasteiger partial charge in [0, 0.05) is 69.7 Å². The van der Waals surface area contributed by atoms with Gasteiger partial charge in [-0.05, 0) is 38.3 Å². The molecule has 2 aromatic rings. The Hall–Kier alpha value is -2.09. The summed E-state index contributed by atoms with van der Waals surface area (Å²) in [5.41, 5.74) is 3.73. The number of thiophene rings is 1. The summed E-state index contributed by atoms with van der Waals surface area (Å²) in [6.07, 6.45) is 5.06. The van der Waals surface area contributed by atoms with Gasteiger partial charge < -0.3 is 14.8 Å². The Bertz CT molecular complexity index is 1110. The van der Waals surface area contributed by atoms with Crippen LogP contribution in [0.25, 0.3) is 0 Å². The van der Waals surface area contributed by atoms with E-state index in [0.717, 1.165) is 72.9 Å². The average molecular weight is 520 g/mol. The quantitative estimate of drug-likeness (QED) is 0.425. The molecule has 0 saturated heterocycles. The van der Waals surface area contributed by atoms with Gasteiger partial charge in [-0.2, -0.15) is 4.39 Å². The van der Waals surface area contributed by atoms with Gasteiger partial charge in [0.1, 0.15) is 5.82 Å². The lowest BCUT2D eigenvalue weighted by Crippen LogP contribution is -2.36. The molecule has 2 aliphatic heterocycles. The molecule has 3 unspecified atom stereocenters. The first-order valence-corrected chi connectivity index (χ1v) is 14.2. The summed E-state index contributed by atoms with van der Waals surface area (Å²) in [5.74, 6) is 1.16. The Kier molecular flexibility index (Phi) is 8.40. The topological polar surface area (TPSA) is 70.2 Å². The third-order valence-corrected chi connectivity index (χ3v) is 8.87. The lowest BCUT2D eigenvalue weighted by Gasteiger charge is -2.29. The van der Waals surface area contributed by atoms with Gasteiger partial charge in [0.2, 0.25) is 11.8 Å². The number of nitrogens with one attached hydrogen (secondary N) is 1. The van der Waals surface area contributed by atoms with Crippen molar-refractivity contribution in [2.75, 3.05) is 13.1 Å². The summed E-state index contributed by atoms with van der Waals surface area (Å²) in [7, 11) is 1.24. The van der Waals surface area contributed by atoms with Crippen LogP contribution in [-0.4, -0.2) is 49.4 Å². The molecule has 2 aliphatic rings. The molecule has 1 N–H and O–H groups in total. The van der Waals surface area contributed by atoms with E-state index in [1.165, 1.54) is 32.5 Å². The number of fused-ring (bicyclic) bond motifs is 1. The molecule has 10 heteroatoms. The molecule has 2 aromatic heterocycles. The van der Waals surface area contributed by atoms with E-state index in [-0.39, 0.29) is 23.0 Å². The van der Waals surface area contributed by atoms with Crippen molar-refractivity contribution in [1.82, 2.24) is 24.4 Å². The van der Waals surface area contributed by atoms with Gasteiger partial charge in [0.25, 0.3) is 0 Å². The van der Waals surface area contributed by atoms with E-state index in [9.17, 15) is 14.0 Å². The molecule has 0 aromatic carbocycles. The number of hydrogen-bond acceptors (Lipinski definition) is 5. The summed E-state index contributed by atoms with van der Waals surface area (Å²) in [4.78, 5) is 31.7. The lowest BCUT2D eigenvalue weighted by molar-refractivity contribution is -0.132. The average Bonchev–Trinajstić information content (AvgIpc) is 3.26. The highest BCUT2D eigenvalue weighted by molar-refractivity contribution is 7.49. The van der Waals surface area contributed by atoms with Crippen LogP contribution in [0.1, 0.15) is 87.0 Å². The maximum atomic E-state index is 13.5. The highest BCUT2D eigenvalue weighted by atomic mass is 32.1. The van der Waals surface area contributed by atoms with Crippen molar-refractivity contribution in [2.45, 2.75) is 84.8 Å². The van der Waals surface area contributed by atoms with Crippen LogP contribution in [0.15, 0.2) is 12.1 Å². The molecular formula is C25H35FN5O2PS. The van der Waals surface area contributed by atoms with Crippen LogP contribution >= 0.6 is 19.7 Å². The van der Waals surface area contributed by atoms with E-state index in [2.05, 4.69) is 28.4 Å². The zero-order valence-corrected chi connectivity index (χ0v) is 22.7. The maximum Gasteiger partial charge on any atom is 0.222 e. The van der Waals surface area contributed by atoms with Crippen LogP contribution < -0.4 is 5.32 Å². The molecule has 2 amide bonds. The first-order valence-electron chi connectivity index (χ1n) is 12.5. The maximum absolute atomic E-state index is 13.5. The number of hydrogen-bond donors (Lipinski definition) is 1. The standard InChI is InChI=1S/C25H35FN5O2PS/c1-5-7-24(33)29-12-11-21-20(15-29)27-16(3)31(21)18(6-2)14-25-30(34-25)13-10-19(28-17(4)32)22-8-9-23(26)35-22/h8-9,18-19H,5-7,10-15H2,1-4H3,(H,28,32). The molecular weight excluding hydrogens is 484 g/mol. The third kappa shape index (κ3) is 6.19. The van der Waals surface area contributed by atoms with Crippen LogP contribution in [-0.2, 0) is 22.6 Å². The predicted octanol–water partition coefficient (Wildman–Crippen LogP) is 4.99. The number of rotatable bonds is 11. The van der Waals surface area contributed by atoms with Crippen LogP contribution in [0.5, 0.6) is 0 Å². The number of halogens is 1. The van der Waals surface area contributed by atoms with Gasteiger partial charge in [-0.1, -0.05) is 13.8 Å². The van der Waals surface area contributed by atoms with Crippen LogP contribution in [0.2, 0.25) is 0 Å². The molecule has 0 radical (unpaired) electrons. The Morgan fingerprint density at radius 2 is 2.11 bits per heavy atom. The van der Waals surface area contributed by atoms with Crippen molar-refractivity contribution in [2.24, 2.45) is 0 Å². The fraction of sp³-hybridized carbons (Fsp3) is 0.600. The number of amides is 2. The Morgan fingerprint density at radius 3 is 2.77 bits per heavy atom. The van der Waals surface area contributed by atoms with Gasteiger partial charge in [0.05, 0.1) is 18.3 Å². The lowest BCUT2D eigenvalue weighted by atomic mass is 10.1. The van der Waals surface area contributed by atoms with Gasteiger partial charge in [0.15, 0.2) is 5.13 Å². The van der Waals surface area contributed by atoms with Crippen molar-refractivity contribution in [1.29, 1.82) is 0 Å². The minimum atomic E-state index is -0.227. The van der Waals surface area contributed by atoms with Gasteiger partial charge in [-0.25, -0.2) is 9.65 Å². The number of aryl methyl sites for hydroxylation is 1. The fourth-order valence-corrected chi connectivity index (χ4v) is 6.72. The molecule has 35 heavy (non-hydrogen) atoms. The smallest absolute Gasteiger partial charge is 0.222 e. The number of nitrogens with zero attached hydrogens (tertiary/aromatic N) is 4. The summed E-state index contributed by atoms with van der Waals surface area (Å²) in [6.45, 7) is 10.0. The third-order valence-electron chi connectivity index (χ3n) is 6.74. The predicted molar refractivity (Wildman–Crippen MR) is 139 cm³/mol. The Balaban J connectivity index is 1.36. The Labute approximate surface area is 212 Å². The van der Waals surface area contributed by atoms with Gasteiger partial charge >= 0.3 is 0 Å². The van der Waals surface area contributed by atoms with E-state index in [1.54, 1.807) is 6.07 Å². The van der Waals surface area contributed by atoms with Crippen LogP contribution in [0.4, 0.5) is 4.39 Å². The number of aromatic nitrogens is 2. The molecule has 4 rings (SSSR count). The van der Waals surface area contributed by atoms with Crippen molar-refractivity contribution in [3.63, 3.8) is 0 Å². The minimum absolute atomic E-state index is 0.0993. The van der Waals surface area contributed by atoms with Crippen molar-refractivity contribution >= 4 is 36.9 Å². The first-order chi connectivity index (χ1) is 16.8. The Morgan fingerprint density at radius 1 is 1.31 bits per heavy atom. The van der Waals surface area contributed by atoms with Gasteiger partial charge in [-0.3, -0.25) is 9.59 Å². The minimum Gasteiger partial charge on any atom is -0.349 e. The van der Waals surface area contributed by atoms with E-state index in [1.807, 2.05) is 11.8 Å². The first kappa shape index (κ1) is 26.0. The molecule has 0 bridgehead atoms. The van der Waals surface area contributed by atoms with Crippen LogP contribution in [0.3, 0.4) is 0 Å². The molecule has 0 saturated carbocycles. The van der Waals surface area contributed by atoms with Crippen LogP contribution in [0, 0.1) is 12.1 Å². The van der Waals surface area contributed by atoms with Gasteiger partial charge in [-0.15, -0.1) is 11.3 Å². The summed E-state index contributed by atoms with van der Waals surface area (Å²) in [5, 5.41) is 2.74. The highest BCUT2D eigenvalue weighted by Crippen LogP contribution is 2.38. The summed E-state index contributed by atoms with van der Waals surface area (Å²) in [6, 6.07) is 3.40. The van der Waals surface area contributed by atoms with E-state index in [0.29, 0.717) is 19.0 Å². The van der Waals surface area contributed by atoms with E-state index in [4.69, 9.17) is 4.98 Å². The number of carbonyl (C=O) groups is 2. The van der Waals surface area contributed by atoms with Crippen molar-refractivity contribution < 1.29 is 14.0 Å². The number of imidazole rings is 1.